The summed E-state index contributed by atoms with van der Waals surface area (Å²) in [4.78, 5) is 0. The molecular weight excluding hydrogens is 376 g/mol. The quantitative estimate of drug-likeness (QED) is 0.250. The molecule has 0 atom stereocenters. The van der Waals surface area contributed by atoms with Crippen molar-refractivity contribution in [1.29, 1.82) is 0 Å². The van der Waals surface area contributed by atoms with Crippen molar-refractivity contribution in [2.24, 2.45) is 7.05 Å². The van der Waals surface area contributed by atoms with Crippen LogP contribution >= 0.6 is 0 Å². The van der Waals surface area contributed by atoms with Crippen LogP contribution < -0.4 is 0 Å². The summed E-state index contributed by atoms with van der Waals surface area (Å²) in [5.74, 6) is 0. The number of rotatable bonds is 0. The second-order valence-electron chi connectivity index (χ2n) is 8.64. The zero-order valence-electron chi connectivity index (χ0n) is 17.1. The lowest BCUT2D eigenvalue weighted by Gasteiger charge is -2.05. The first-order valence-electron chi connectivity index (χ1n) is 10.8. The minimum Gasteiger partial charge on any atom is -0.344 e. The number of hydrogen-bond donors (Lipinski definition) is 0. The van der Waals surface area contributed by atoms with Gasteiger partial charge in [0.2, 0.25) is 0 Å². The molecule has 0 aliphatic heterocycles. The van der Waals surface area contributed by atoms with Crippen LogP contribution in [0.3, 0.4) is 0 Å². The largest absolute Gasteiger partial charge is 0.344 e. The first kappa shape index (κ1) is 15.8. The fourth-order valence-corrected chi connectivity index (χ4v) is 5.99. The van der Waals surface area contributed by atoms with Gasteiger partial charge in [-0.25, -0.2) is 0 Å². The smallest absolute Gasteiger partial charge is 0.0620 e. The topological polar surface area (TPSA) is 9.34 Å². The summed E-state index contributed by atoms with van der Waals surface area (Å²) in [6.07, 6.45) is 0. The fraction of sp³-hybridized carbons (Fsp3) is 0.0345. The van der Waals surface area contributed by atoms with Crippen molar-refractivity contribution in [2.45, 2.75) is 0 Å². The molecule has 0 unspecified atom stereocenters. The molecule has 0 fully saturated rings. The van der Waals surface area contributed by atoms with Crippen LogP contribution in [-0.2, 0) is 7.05 Å². The first-order chi connectivity index (χ1) is 15.3. The normalized spacial score (nSPS) is 12.7. The highest BCUT2D eigenvalue weighted by Crippen LogP contribution is 2.43. The lowest BCUT2D eigenvalue weighted by Crippen LogP contribution is -1.86. The van der Waals surface area contributed by atoms with Gasteiger partial charge in [0.25, 0.3) is 0 Å². The van der Waals surface area contributed by atoms with Gasteiger partial charge in [-0.2, -0.15) is 0 Å². The predicted molar refractivity (Wildman–Crippen MR) is 133 cm³/mol. The Morgan fingerprint density at radius 1 is 0.419 bits per heavy atom. The van der Waals surface area contributed by atoms with Gasteiger partial charge in [-0.3, -0.25) is 0 Å². The Hall–Kier alpha value is -4.04. The first-order valence-corrected chi connectivity index (χ1v) is 10.8. The van der Waals surface area contributed by atoms with Crippen LogP contribution in [0.15, 0.2) is 91.0 Å². The minimum atomic E-state index is 1.28. The highest BCUT2D eigenvalue weighted by molar-refractivity contribution is 6.32. The molecule has 0 saturated carbocycles. The molecule has 0 amide bonds. The highest BCUT2D eigenvalue weighted by atomic mass is 14.9. The average molecular weight is 394 g/mol. The third-order valence-electron chi connectivity index (χ3n) is 7.26. The van der Waals surface area contributed by atoms with Crippen LogP contribution in [0, 0.1) is 0 Å². The predicted octanol–water partition coefficient (Wildman–Crippen LogP) is 7.63. The molecule has 0 aliphatic carbocycles. The number of nitrogens with zero attached hydrogens (tertiary/aromatic N) is 2. The van der Waals surface area contributed by atoms with Crippen LogP contribution in [-0.4, -0.2) is 8.97 Å². The second-order valence-corrected chi connectivity index (χ2v) is 8.64. The van der Waals surface area contributed by atoms with Crippen LogP contribution in [0.5, 0.6) is 0 Å². The fourth-order valence-electron chi connectivity index (χ4n) is 5.99. The molecule has 3 heterocycles. The molecule has 8 rings (SSSR count). The van der Waals surface area contributed by atoms with Crippen molar-refractivity contribution in [3.8, 4) is 0 Å². The van der Waals surface area contributed by atoms with Gasteiger partial charge in [-0.1, -0.05) is 66.7 Å². The summed E-state index contributed by atoms with van der Waals surface area (Å²) >= 11 is 0. The molecule has 0 saturated heterocycles. The Labute approximate surface area is 177 Å². The van der Waals surface area contributed by atoms with E-state index >= 15 is 0 Å². The van der Waals surface area contributed by atoms with Crippen LogP contribution in [0.1, 0.15) is 0 Å². The molecule has 5 aromatic carbocycles. The zero-order valence-corrected chi connectivity index (χ0v) is 17.1. The highest BCUT2D eigenvalue weighted by Gasteiger charge is 2.19. The van der Waals surface area contributed by atoms with Crippen LogP contribution in [0.25, 0.3) is 70.7 Å². The Balaban J connectivity index is 1.69. The van der Waals surface area contributed by atoms with Crippen molar-refractivity contribution in [1.82, 2.24) is 8.97 Å². The van der Waals surface area contributed by atoms with Crippen LogP contribution in [0.2, 0.25) is 0 Å². The van der Waals surface area contributed by atoms with E-state index in [9.17, 15) is 0 Å². The van der Waals surface area contributed by atoms with Gasteiger partial charge >= 0.3 is 0 Å². The molecule has 0 N–H and O–H groups in total. The Morgan fingerprint density at radius 3 is 1.87 bits per heavy atom. The Morgan fingerprint density at radius 2 is 1.03 bits per heavy atom. The van der Waals surface area contributed by atoms with E-state index in [4.69, 9.17) is 0 Å². The minimum absolute atomic E-state index is 1.28. The van der Waals surface area contributed by atoms with E-state index < -0.39 is 0 Å². The van der Waals surface area contributed by atoms with Crippen molar-refractivity contribution in [2.75, 3.05) is 0 Å². The monoisotopic (exact) mass is 394 g/mol. The number of benzene rings is 5. The molecule has 144 valence electrons. The summed E-state index contributed by atoms with van der Waals surface area (Å²) in [6.45, 7) is 0. The molecule has 31 heavy (non-hydrogen) atoms. The van der Waals surface area contributed by atoms with E-state index in [1.165, 1.54) is 70.7 Å². The maximum atomic E-state index is 2.46. The van der Waals surface area contributed by atoms with Gasteiger partial charge in [0.05, 0.1) is 16.6 Å². The molecule has 8 aromatic rings. The van der Waals surface area contributed by atoms with Crippen LogP contribution in [0.4, 0.5) is 0 Å². The number of hydrogen-bond acceptors (Lipinski definition) is 0. The molecular formula is C29H18N2. The van der Waals surface area contributed by atoms with Crippen molar-refractivity contribution < 1.29 is 0 Å². The molecule has 0 spiro atoms. The van der Waals surface area contributed by atoms with Gasteiger partial charge in [0.15, 0.2) is 0 Å². The number of fused-ring (bicyclic) bond motifs is 12. The Kier molecular flexibility index (Phi) is 2.62. The molecule has 0 bridgehead atoms. The van der Waals surface area contributed by atoms with Gasteiger partial charge in [-0.15, -0.1) is 0 Å². The maximum Gasteiger partial charge on any atom is 0.0620 e. The maximum absolute atomic E-state index is 2.46. The number of aromatic nitrogens is 2. The van der Waals surface area contributed by atoms with E-state index in [2.05, 4.69) is 107 Å². The third kappa shape index (κ3) is 1.69. The Bertz CT molecular complexity index is 2000. The van der Waals surface area contributed by atoms with Gasteiger partial charge in [0, 0.05) is 50.4 Å². The lowest BCUT2D eigenvalue weighted by atomic mass is 9.99. The van der Waals surface area contributed by atoms with Crippen molar-refractivity contribution >= 4 is 70.7 Å². The van der Waals surface area contributed by atoms with Crippen molar-refractivity contribution in [3.63, 3.8) is 0 Å². The second kappa shape index (κ2) is 5.16. The lowest BCUT2D eigenvalue weighted by molar-refractivity contribution is 1.01. The molecule has 3 aromatic heterocycles. The van der Waals surface area contributed by atoms with E-state index in [-0.39, 0.29) is 0 Å². The standard InChI is InChI=1S/C29H18N2/c1-30-23-11-4-3-8-21(23)27-18-14-16-26-28(19(18)13-15-25(27)30)22-10-6-9-20-17-7-2-5-12-24(17)31(26)29(20)22/h2-16H,1H3. The summed E-state index contributed by atoms with van der Waals surface area (Å²) < 4.78 is 4.77. The number of aryl methyl sites for hydroxylation is 1. The SMILES string of the molecule is Cn1c2ccccc2c2c3ccc4c(c3ccc21)c1cccc2c3ccccc3n4c21. The van der Waals surface area contributed by atoms with E-state index in [0.29, 0.717) is 0 Å². The van der Waals surface area contributed by atoms with E-state index in [1.807, 2.05) is 0 Å². The summed E-state index contributed by atoms with van der Waals surface area (Å²) in [5, 5.41) is 10.7. The average Bonchev–Trinajstić information content (AvgIpc) is 3.44. The van der Waals surface area contributed by atoms with E-state index in [0.717, 1.165) is 0 Å². The summed E-state index contributed by atoms with van der Waals surface area (Å²) in [6, 6.07) is 33.5. The van der Waals surface area contributed by atoms with Gasteiger partial charge < -0.3 is 8.97 Å². The molecule has 2 nitrogen and oxygen atoms in total. The summed E-state index contributed by atoms with van der Waals surface area (Å²) in [5.41, 5.74) is 6.48. The third-order valence-corrected chi connectivity index (χ3v) is 7.26. The number of para-hydroxylation sites is 3. The van der Waals surface area contributed by atoms with Crippen molar-refractivity contribution in [3.05, 3.63) is 91.0 Å². The van der Waals surface area contributed by atoms with Gasteiger partial charge in [0.1, 0.15) is 0 Å². The molecule has 0 radical (unpaired) electrons. The van der Waals surface area contributed by atoms with E-state index in [1.54, 1.807) is 0 Å². The summed E-state index contributed by atoms with van der Waals surface area (Å²) in [7, 11) is 2.17. The van der Waals surface area contributed by atoms with Gasteiger partial charge in [-0.05, 0) is 35.0 Å². The molecule has 2 heteroatoms. The molecule has 0 aliphatic rings. The zero-order chi connectivity index (χ0) is 20.3.